The van der Waals surface area contributed by atoms with Gasteiger partial charge in [0.1, 0.15) is 18.5 Å². The summed E-state index contributed by atoms with van der Waals surface area (Å²) in [6.45, 7) is -1.55. The van der Waals surface area contributed by atoms with Crippen LogP contribution in [0.4, 0.5) is 18.9 Å². The van der Waals surface area contributed by atoms with Crippen LogP contribution in [0.25, 0.3) is 0 Å². The highest BCUT2D eigenvalue weighted by Gasteiger charge is 2.40. The Morgan fingerprint density at radius 2 is 2.06 bits per heavy atom. The van der Waals surface area contributed by atoms with Crippen molar-refractivity contribution in [3.8, 4) is 0 Å². The van der Waals surface area contributed by atoms with Crippen molar-refractivity contribution in [3.05, 3.63) is 39.7 Å². The number of alkyl halides is 2. The Hall–Kier alpha value is -1.38. The lowest BCUT2D eigenvalue weighted by molar-refractivity contribution is -0.386. The standard InChI is InChI=1S/C9H9F3N2O3.ClH/c10-5-1-2-6(7(3-5)14(16)17)8(13)9(11,12)4-15;/h1-3,8,15H,4,13H2;1H/t8-;/m1./s1. The number of nitro benzene ring substituents is 1. The number of halogens is 4. The van der Waals surface area contributed by atoms with E-state index >= 15 is 0 Å². The SMILES string of the molecule is Cl.N[C@H](c1ccc(F)cc1[N+](=O)[O-])C(F)(F)CO. The molecule has 0 fully saturated rings. The van der Waals surface area contributed by atoms with E-state index in [0.717, 1.165) is 12.1 Å². The molecule has 1 atom stereocenters. The Morgan fingerprint density at radius 1 is 1.50 bits per heavy atom. The number of rotatable bonds is 4. The number of aliphatic hydroxyl groups excluding tert-OH is 1. The predicted octanol–water partition coefficient (Wildman–Crippen LogP) is 1.78. The largest absolute Gasteiger partial charge is 0.390 e. The molecule has 0 radical (unpaired) electrons. The van der Waals surface area contributed by atoms with Crippen molar-refractivity contribution in [2.45, 2.75) is 12.0 Å². The predicted molar refractivity (Wildman–Crippen MR) is 59.3 cm³/mol. The second-order valence-electron chi connectivity index (χ2n) is 3.36. The summed E-state index contributed by atoms with van der Waals surface area (Å²) in [7, 11) is 0. The van der Waals surface area contributed by atoms with Crippen LogP contribution < -0.4 is 5.73 Å². The molecule has 3 N–H and O–H groups in total. The number of nitrogens with zero attached hydrogens (tertiary/aromatic N) is 1. The summed E-state index contributed by atoms with van der Waals surface area (Å²) >= 11 is 0. The number of benzene rings is 1. The fourth-order valence-electron chi connectivity index (χ4n) is 1.26. The minimum absolute atomic E-state index is 0. The third kappa shape index (κ3) is 3.31. The van der Waals surface area contributed by atoms with Crippen LogP contribution in [0.3, 0.4) is 0 Å². The number of nitro groups is 1. The van der Waals surface area contributed by atoms with Crippen LogP contribution >= 0.6 is 12.4 Å². The van der Waals surface area contributed by atoms with Crippen LogP contribution in [0.15, 0.2) is 18.2 Å². The van der Waals surface area contributed by atoms with Crippen LogP contribution in [0.2, 0.25) is 0 Å². The van der Waals surface area contributed by atoms with Gasteiger partial charge in [-0.25, -0.2) is 13.2 Å². The van der Waals surface area contributed by atoms with Crippen molar-refractivity contribution in [1.82, 2.24) is 0 Å². The minimum Gasteiger partial charge on any atom is -0.390 e. The van der Waals surface area contributed by atoms with Gasteiger partial charge in [-0.2, -0.15) is 0 Å². The Labute approximate surface area is 106 Å². The van der Waals surface area contributed by atoms with E-state index in [1.54, 1.807) is 0 Å². The highest BCUT2D eigenvalue weighted by Crippen LogP contribution is 2.34. The second kappa shape index (κ2) is 5.98. The van der Waals surface area contributed by atoms with E-state index in [1.807, 2.05) is 0 Å². The van der Waals surface area contributed by atoms with Crippen molar-refractivity contribution >= 4 is 18.1 Å². The van der Waals surface area contributed by atoms with Crippen molar-refractivity contribution in [3.63, 3.8) is 0 Å². The van der Waals surface area contributed by atoms with E-state index in [4.69, 9.17) is 10.8 Å². The summed E-state index contributed by atoms with van der Waals surface area (Å²) in [6.07, 6.45) is 0. The third-order valence-corrected chi connectivity index (χ3v) is 2.19. The molecular weight excluding hydrogens is 277 g/mol. The smallest absolute Gasteiger partial charge is 0.289 e. The summed E-state index contributed by atoms with van der Waals surface area (Å²) in [5, 5.41) is 19.0. The molecule has 0 aliphatic heterocycles. The molecule has 0 aromatic heterocycles. The summed E-state index contributed by atoms with van der Waals surface area (Å²) < 4.78 is 38.9. The Morgan fingerprint density at radius 3 is 2.50 bits per heavy atom. The van der Waals surface area contributed by atoms with Gasteiger partial charge >= 0.3 is 0 Å². The first-order valence-electron chi connectivity index (χ1n) is 4.47. The molecule has 1 aromatic rings. The van der Waals surface area contributed by atoms with Gasteiger partial charge < -0.3 is 10.8 Å². The molecule has 0 saturated carbocycles. The maximum absolute atomic E-state index is 13.1. The molecule has 0 spiro atoms. The van der Waals surface area contributed by atoms with Gasteiger partial charge in [0.05, 0.1) is 16.6 Å². The van der Waals surface area contributed by atoms with Gasteiger partial charge in [-0.05, 0) is 12.1 Å². The van der Waals surface area contributed by atoms with E-state index < -0.39 is 40.6 Å². The minimum atomic E-state index is -3.72. The van der Waals surface area contributed by atoms with Crippen LogP contribution in [-0.4, -0.2) is 22.6 Å². The molecule has 0 amide bonds. The molecule has 0 aliphatic rings. The maximum atomic E-state index is 13.1. The first-order chi connectivity index (χ1) is 7.79. The summed E-state index contributed by atoms with van der Waals surface area (Å²) in [4.78, 5) is 9.56. The van der Waals surface area contributed by atoms with Crippen molar-refractivity contribution in [2.75, 3.05) is 6.61 Å². The lowest BCUT2D eigenvalue weighted by atomic mass is 10.00. The fourth-order valence-corrected chi connectivity index (χ4v) is 1.26. The first-order valence-corrected chi connectivity index (χ1v) is 4.47. The fraction of sp³-hybridized carbons (Fsp3) is 0.333. The van der Waals surface area contributed by atoms with Crippen molar-refractivity contribution in [1.29, 1.82) is 0 Å². The quantitative estimate of drug-likeness (QED) is 0.652. The van der Waals surface area contributed by atoms with E-state index in [2.05, 4.69) is 0 Å². The van der Waals surface area contributed by atoms with Gasteiger partial charge in [0.15, 0.2) is 0 Å². The van der Waals surface area contributed by atoms with E-state index in [1.165, 1.54) is 0 Å². The van der Waals surface area contributed by atoms with Crippen LogP contribution in [0, 0.1) is 15.9 Å². The van der Waals surface area contributed by atoms with Gasteiger partial charge in [-0.3, -0.25) is 10.1 Å². The molecule has 0 saturated heterocycles. The molecule has 9 heteroatoms. The topological polar surface area (TPSA) is 89.4 Å². The van der Waals surface area contributed by atoms with Crippen LogP contribution in [0.5, 0.6) is 0 Å². The maximum Gasteiger partial charge on any atom is 0.289 e. The summed E-state index contributed by atoms with van der Waals surface area (Å²) in [5.41, 5.74) is 3.76. The Kier molecular flexibility index (Phi) is 5.53. The average Bonchev–Trinajstić information content (AvgIpc) is 2.28. The van der Waals surface area contributed by atoms with Gasteiger partial charge in [-0.15, -0.1) is 12.4 Å². The first kappa shape index (κ1) is 16.6. The normalized spacial score (nSPS) is 12.7. The van der Waals surface area contributed by atoms with Crippen molar-refractivity contribution in [2.24, 2.45) is 5.73 Å². The van der Waals surface area contributed by atoms with Gasteiger partial charge in [-0.1, -0.05) is 0 Å². The van der Waals surface area contributed by atoms with E-state index in [9.17, 15) is 23.3 Å². The molecule has 18 heavy (non-hydrogen) atoms. The molecule has 5 nitrogen and oxygen atoms in total. The molecule has 0 aliphatic carbocycles. The Balaban J connectivity index is 0.00000289. The molecule has 0 bridgehead atoms. The summed E-state index contributed by atoms with van der Waals surface area (Å²) in [5.74, 6) is -4.65. The lowest BCUT2D eigenvalue weighted by Gasteiger charge is -2.21. The molecule has 102 valence electrons. The molecule has 0 heterocycles. The number of hydrogen-bond donors (Lipinski definition) is 2. The van der Waals surface area contributed by atoms with Gasteiger partial charge in [0.2, 0.25) is 0 Å². The zero-order chi connectivity index (χ0) is 13.2. The molecule has 1 rings (SSSR count). The molecule has 1 aromatic carbocycles. The lowest BCUT2D eigenvalue weighted by Crippen LogP contribution is -2.36. The highest BCUT2D eigenvalue weighted by molar-refractivity contribution is 5.85. The zero-order valence-electron chi connectivity index (χ0n) is 8.85. The van der Waals surface area contributed by atoms with Crippen LogP contribution in [0.1, 0.15) is 11.6 Å². The van der Waals surface area contributed by atoms with Crippen LogP contribution in [-0.2, 0) is 0 Å². The molecule has 0 unspecified atom stereocenters. The second-order valence-corrected chi connectivity index (χ2v) is 3.36. The number of nitrogens with two attached hydrogens (primary N) is 1. The zero-order valence-corrected chi connectivity index (χ0v) is 9.66. The van der Waals surface area contributed by atoms with E-state index in [0.29, 0.717) is 6.07 Å². The monoisotopic (exact) mass is 286 g/mol. The number of aliphatic hydroxyl groups is 1. The van der Waals surface area contributed by atoms with Crippen molar-refractivity contribution < 1.29 is 23.2 Å². The molecular formula is C9H10ClF3N2O3. The Bertz CT molecular complexity index is 445. The average molecular weight is 287 g/mol. The third-order valence-electron chi connectivity index (χ3n) is 2.19. The van der Waals surface area contributed by atoms with Gasteiger partial charge in [0, 0.05) is 0 Å². The number of hydrogen-bond acceptors (Lipinski definition) is 4. The van der Waals surface area contributed by atoms with E-state index in [-0.39, 0.29) is 12.4 Å². The summed E-state index contributed by atoms with van der Waals surface area (Å²) in [6, 6.07) is 0.0218. The highest BCUT2D eigenvalue weighted by atomic mass is 35.5. The van der Waals surface area contributed by atoms with Gasteiger partial charge in [0.25, 0.3) is 11.6 Å².